The second-order valence-electron chi connectivity index (χ2n) is 9.32. The predicted octanol–water partition coefficient (Wildman–Crippen LogP) is 4.10. The number of fused-ring (bicyclic) bond motifs is 1. The van der Waals surface area contributed by atoms with Crippen molar-refractivity contribution in [3.05, 3.63) is 83.9 Å². The molecule has 7 nitrogen and oxygen atoms in total. The zero-order chi connectivity index (χ0) is 25.2. The van der Waals surface area contributed by atoms with Crippen LogP contribution < -0.4 is 19.1 Å². The van der Waals surface area contributed by atoms with Crippen molar-refractivity contribution < 1.29 is 22.7 Å². The quantitative estimate of drug-likeness (QED) is 0.535. The highest BCUT2D eigenvalue weighted by Crippen LogP contribution is 2.38. The Bertz CT molecular complexity index is 1310. The molecule has 1 N–H and O–H groups in total. The van der Waals surface area contributed by atoms with Crippen molar-refractivity contribution in [3.63, 3.8) is 0 Å². The third-order valence-electron chi connectivity index (χ3n) is 5.88. The standard InChI is InChI=1S/C27H30N2O5S/c1-19-10-15-23-24(16-19)34-25(26(30)28-27(2,3)17-20-8-6-5-7-9-20)18-29(23)35(31,32)22-13-11-21(33-4)12-14-22/h5-16,25H,17-18H2,1-4H3,(H,28,30)/t25-/m0/s1. The van der Waals surface area contributed by atoms with E-state index in [1.165, 1.54) is 23.5 Å². The molecule has 0 bridgehead atoms. The van der Waals surface area contributed by atoms with Crippen molar-refractivity contribution in [1.82, 2.24) is 5.32 Å². The highest BCUT2D eigenvalue weighted by molar-refractivity contribution is 7.92. The van der Waals surface area contributed by atoms with Crippen LogP contribution in [0.4, 0.5) is 5.69 Å². The maximum Gasteiger partial charge on any atom is 0.264 e. The van der Waals surface area contributed by atoms with Crippen molar-refractivity contribution in [2.24, 2.45) is 0 Å². The van der Waals surface area contributed by atoms with Gasteiger partial charge in [0.2, 0.25) is 0 Å². The largest absolute Gasteiger partial charge is 0.497 e. The van der Waals surface area contributed by atoms with Crippen LogP contribution in [-0.2, 0) is 21.2 Å². The molecule has 0 fully saturated rings. The zero-order valence-corrected chi connectivity index (χ0v) is 21.1. The van der Waals surface area contributed by atoms with E-state index >= 15 is 0 Å². The fourth-order valence-corrected chi connectivity index (χ4v) is 5.64. The first-order valence-corrected chi connectivity index (χ1v) is 12.8. The van der Waals surface area contributed by atoms with Gasteiger partial charge in [-0.15, -0.1) is 0 Å². The van der Waals surface area contributed by atoms with Gasteiger partial charge in [0.05, 0.1) is 24.2 Å². The number of hydrogen-bond acceptors (Lipinski definition) is 5. The number of hydrogen-bond donors (Lipinski definition) is 1. The van der Waals surface area contributed by atoms with Crippen LogP contribution >= 0.6 is 0 Å². The van der Waals surface area contributed by atoms with Gasteiger partial charge in [-0.2, -0.15) is 0 Å². The van der Waals surface area contributed by atoms with E-state index in [0.717, 1.165) is 11.1 Å². The molecule has 0 unspecified atom stereocenters. The molecule has 0 aliphatic carbocycles. The van der Waals surface area contributed by atoms with Crippen LogP contribution in [0.3, 0.4) is 0 Å². The molecule has 1 aliphatic rings. The third kappa shape index (κ3) is 5.43. The van der Waals surface area contributed by atoms with Gasteiger partial charge in [0.15, 0.2) is 6.10 Å². The van der Waals surface area contributed by atoms with E-state index in [9.17, 15) is 13.2 Å². The zero-order valence-electron chi connectivity index (χ0n) is 20.3. The number of nitrogens with zero attached hydrogens (tertiary/aromatic N) is 1. The minimum Gasteiger partial charge on any atom is -0.497 e. The maximum atomic E-state index is 13.6. The van der Waals surface area contributed by atoms with Crippen LogP contribution in [0.1, 0.15) is 25.0 Å². The lowest BCUT2D eigenvalue weighted by molar-refractivity contribution is -0.129. The van der Waals surface area contributed by atoms with Crippen molar-refractivity contribution >= 4 is 21.6 Å². The highest BCUT2D eigenvalue weighted by Gasteiger charge is 2.39. The van der Waals surface area contributed by atoms with E-state index in [1.54, 1.807) is 24.3 Å². The third-order valence-corrected chi connectivity index (χ3v) is 7.67. The van der Waals surface area contributed by atoms with Crippen molar-refractivity contribution in [3.8, 4) is 11.5 Å². The number of carbonyl (C=O) groups is 1. The lowest BCUT2D eigenvalue weighted by atomic mass is 9.94. The molecule has 1 amide bonds. The molecule has 1 heterocycles. The van der Waals surface area contributed by atoms with E-state index in [2.05, 4.69) is 5.32 Å². The Kier molecular flexibility index (Phi) is 6.76. The van der Waals surface area contributed by atoms with Crippen LogP contribution in [-0.4, -0.2) is 39.6 Å². The number of amides is 1. The lowest BCUT2D eigenvalue weighted by Gasteiger charge is -2.36. The fraction of sp³-hybridized carbons (Fsp3) is 0.296. The summed E-state index contributed by atoms with van der Waals surface area (Å²) < 4.78 is 39.7. The van der Waals surface area contributed by atoms with E-state index < -0.39 is 21.7 Å². The molecule has 0 aromatic heterocycles. The first-order chi connectivity index (χ1) is 16.6. The van der Waals surface area contributed by atoms with E-state index in [-0.39, 0.29) is 17.3 Å². The fourth-order valence-electron chi connectivity index (χ4n) is 4.16. The van der Waals surface area contributed by atoms with Gasteiger partial charge in [-0.05, 0) is 74.7 Å². The summed E-state index contributed by atoms with van der Waals surface area (Å²) in [6.07, 6.45) is -0.386. The first-order valence-electron chi connectivity index (χ1n) is 11.4. The molecular weight excluding hydrogens is 464 g/mol. The molecule has 3 aromatic rings. The monoisotopic (exact) mass is 494 g/mol. The number of carbonyl (C=O) groups excluding carboxylic acids is 1. The Labute approximate surface area is 206 Å². The van der Waals surface area contributed by atoms with Gasteiger partial charge in [-0.1, -0.05) is 36.4 Å². The molecule has 0 spiro atoms. The molecule has 0 saturated carbocycles. The first kappa shape index (κ1) is 24.6. The minimum absolute atomic E-state index is 0.107. The van der Waals surface area contributed by atoms with Crippen molar-refractivity contribution in [1.29, 1.82) is 0 Å². The second-order valence-corrected chi connectivity index (χ2v) is 11.2. The molecule has 0 radical (unpaired) electrons. The number of rotatable bonds is 7. The number of sulfonamides is 1. The molecule has 1 atom stereocenters. The molecule has 4 rings (SSSR count). The lowest BCUT2D eigenvalue weighted by Crippen LogP contribution is -2.55. The smallest absolute Gasteiger partial charge is 0.264 e. The molecule has 8 heteroatoms. The van der Waals surface area contributed by atoms with Crippen LogP contribution in [0.5, 0.6) is 11.5 Å². The maximum absolute atomic E-state index is 13.6. The van der Waals surface area contributed by atoms with Crippen molar-refractivity contribution in [2.75, 3.05) is 18.0 Å². The average Bonchev–Trinajstić information content (AvgIpc) is 2.83. The number of methoxy groups -OCH3 is 1. The average molecular weight is 495 g/mol. The van der Waals surface area contributed by atoms with E-state index in [1.807, 2.05) is 57.2 Å². The number of aryl methyl sites for hydroxylation is 1. The summed E-state index contributed by atoms with van der Waals surface area (Å²) in [5, 5.41) is 3.04. The number of anilines is 1. The van der Waals surface area contributed by atoms with Gasteiger partial charge in [0, 0.05) is 5.54 Å². The van der Waals surface area contributed by atoms with Crippen LogP contribution in [0.2, 0.25) is 0 Å². The number of nitrogens with one attached hydrogen (secondary N) is 1. The van der Waals surface area contributed by atoms with Gasteiger partial charge in [-0.25, -0.2) is 8.42 Å². The van der Waals surface area contributed by atoms with Gasteiger partial charge < -0.3 is 14.8 Å². The molecule has 0 saturated heterocycles. The van der Waals surface area contributed by atoms with Crippen molar-refractivity contribution in [2.45, 2.75) is 43.7 Å². The van der Waals surface area contributed by atoms with Crippen LogP contribution in [0.15, 0.2) is 77.7 Å². The summed E-state index contributed by atoms with van der Waals surface area (Å²) in [4.78, 5) is 13.4. The Balaban J connectivity index is 1.62. The van der Waals surface area contributed by atoms with Gasteiger partial charge >= 0.3 is 0 Å². The Hall–Kier alpha value is -3.52. The van der Waals surface area contributed by atoms with Crippen LogP contribution in [0, 0.1) is 6.92 Å². The van der Waals surface area contributed by atoms with E-state index in [4.69, 9.17) is 9.47 Å². The van der Waals surface area contributed by atoms with Gasteiger partial charge in [0.1, 0.15) is 11.5 Å². The molecular formula is C27H30N2O5S. The Morgan fingerprint density at radius 3 is 2.43 bits per heavy atom. The van der Waals surface area contributed by atoms with Gasteiger partial charge in [-0.3, -0.25) is 9.10 Å². The molecule has 184 valence electrons. The molecule has 3 aromatic carbocycles. The summed E-state index contributed by atoms with van der Waals surface area (Å²) in [5.41, 5.74) is 1.83. The molecule has 35 heavy (non-hydrogen) atoms. The number of ether oxygens (including phenoxy) is 2. The molecule has 1 aliphatic heterocycles. The van der Waals surface area contributed by atoms with Gasteiger partial charge in [0.25, 0.3) is 15.9 Å². The summed E-state index contributed by atoms with van der Waals surface area (Å²) in [5.74, 6) is 0.544. The second kappa shape index (κ2) is 9.62. The SMILES string of the molecule is COc1ccc(S(=O)(=O)N2C[C@@H](C(=O)NC(C)(C)Cc3ccccc3)Oc3cc(C)ccc32)cc1. The topological polar surface area (TPSA) is 84.9 Å². The number of benzene rings is 3. The summed E-state index contributed by atoms with van der Waals surface area (Å²) in [7, 11) is -2.43. The van der Waals surface area contributed by atoms with E-state index in [0.29, 0.717) is 23.6 Å². The summed E-state index contributed by atoms with van der Waals surface area (Å²) >= 11 is 0. The summed E-state index contributed by atoms with van der Waals surface area (Å²) in [6, 6.07) is 21.3. The highest BCUT2D eigenvalue weighted by atomic mass is 32.2. The Morgan fingerprint density at radius 1 is 1.09 bits per heavy atom. The summed E-state index contributed by atoms with van der Waals surface area (Å²) in [6.45, 7) is 5.62. The Morgan fingerprint density at radius 2 is 1.77 bits per heavy atom. The minimum atomic E-state index is -3.95. The normalized spacial score (nSPS) is 15.7. The predicted molar refractivity (Wildman–Crippen MR) is 135 cm³/mol. The van der Waals surface area contributed by atoms with Crippen LogP contribution in [0.25, 0.3) is 0 Å².